The van der Waals surface area contributed by atoms with Crippen molar-refractivity contribution in [3.8, 4) is 0 Å². The van der Waals surface area contributed by atoms with E-state index in [2.05, 4.69) is 5.32 Å². The van der Waals surface area contributed by atoms with Crippen molar-refractivity contribution in [2.45, 2.75) is 51.7 Å². The van der Waals surface area contributed by atoms with Crippen LogP contribution in [0, 0.1) is 11.8 Å². The highest BCUT2D eigenvalue weighted by Gasteiger charge is 2.37. The maximum atomic E-state index is 11.7. The van der Waals surface area contributed by atoms with Gasteiger partial charge < -0.3 is 15.0 Å². The van der Waals surface area contributed by atoms with E-state index in [1.165, 1.54) is 19.3 Å². The van der Waals surface area contributed by atoms with Crippen molar-refractivity contribution in [1.82, 2.24) is 10.2 Å². The van der Waals surface area contributed by atoms with Crippen LogP contribution in [0.5, 0.6) is 0 Å². The third-order valence-corrected chi connectivity index (χ3v) is 3.92. The topological polar surface area (TPSA) is 41.6 Å². The molecular formula is C14H26N2O2. The van der Waals surface area contributed by atoms with Gasteiger partial charge in [0.2, 0.25) is 0 Å². The van der Waals surface area contributed by atoms with Crippen LogP contribution in [0.4, 0.5) is 4.79 Å². The minimum atomic E-state index is -0.379. The Balaban J connectivity index is 1.61. The minimum Gasteiger partial charge on any atom is -0.444 e. The molecule has 4 nitrogen and oxygen atoms in total. The van der Waals surface area contributed by atoms with Crippen molar-refractivity contribution < 1.29 is 9.53 Å². The summed E-state index contributed by atoms with van der Waals surface area (Å²) >= 11 is 0. The maximum Gasteiger partial charge on any atom is 0.410 e. The summed E-state index contributed by atoms with van der Waals surface area (Å²) < 4.78 is 5.35. The zero-order valence-electron chi connectivity index (χ0n) is 12.0. The van der Waals surface area contributed by atoms with Gasteiger partial charge in [-0.25, -0.2) is 4.79 Å². The van der Waals surface area contributed by atoms with Crippen LogP contribution in [0.15, 0.2) is 0 Å². The highest BCUT2D eigenvalue weighted by atomic mass is 16.6. The fraction of sp³-hybridized carbons (Fsp3) is 0.929. The van der Waals surface area contributed by atoms with Gasteiger partial charge in [-0.05, 0) is 58.9 Å². The molecule has 1 heterocycles. The van der Waals surface area contributed by atoms with Gasteiger partial charge in [0.1, 0.15) is 5.60 Å². The Morgan fingerprint density at radius 3 is 2.39 bits per heavy atom. The number of rotatable bonds is 3. The van der Waals surface area contributed by atoms with E-state index in [0.717, 1.165) is 25.0 Å². The largest absolute Gasteiger partial charge is 0.444 e. The molecule has 4 heteroatoms. The summed E-state index contributed by atoms with van der Waals surface area (Å²) in [5.41, 5.74) is -0.379. The molecule has 0 aromatic heterocycles. The number of likely N-dealkylation sites (tertiary alicyclic amines) is 1. The second kappa shape index (κ2) is 5.08. The molecule has 18 heavy (non-hydrogen) atoms. The van der Waals surface area contributed by atoms with Crippen molar-refractivity contribution in [2.24, 2.45) is 11.8 Å². The molecule has 0 bridgehead atoms. The fourth-order valence-electron chi connectivity index (χ4n) is 2.83. The average Bonchev–Trinajstić information content (AvgIpc) is 2.09. The minimum absolute atomic E-state index is 0.152. The first-order valence-corrected chi connectivity index (χ1v) is 7.02. The van der Waals surface area contributed by atoms with Crippen molar-refractivity contribution >= 4 is 6.09 Å². The molecule has 0 unspecified atom stereocenters. The van der Waals surface area contributed by atoms with Crippen LogP contribution in [0.3, 0.4) is 0 Å². The van der Waals surface area contributed by atoms with Crippen molar-refractivity contribution in [3.63, 3.8) is 0 Å². The summed E-state index contributed by atoms with van der Waals surface area (Å²) in [7, 11) is 2.04. The lowest BCUT2D eigenvalue weighted by molar-refractivity contribution is -0.00756. The highest BCUT2D eigenvalue weighted by molar-refractivity contribution is 5.69. The molecule has 0 atom stereocenters. The fourth-order valence-corrected chi connectivity index (χ4v) is 2.83. The van der Waals surface area contributed by atoms with Crippen LogP contribution in [0.1, 0.15) is 40.0 Å². The Labute approximate surface area is 110 Å². The van der Waals surface area contributed by atoms with Gasteiger partial charge in [0, 0.05) is 19.1 Å². The van der Waals surface area contributed by atoms with Crippen LogP contribution in [0.2, 0.25) is 0 Å². The zero-order chi connectivity index (χ0) is 13.3. The van der Waals surface area contributed by atoms with Gasteiger partial charge >= 0.3 is 6.09 Å². The first-order valence-electron chi connectivity index (χ1n) is 7.02. The lowest BCUT2D eigenvalue weighted by Gasteiger charge is -2.44. The summed E-state index contributed by atoms with van der Waals surface area (Å²) in [5.74, 6) is 1.56. The van der Waals surface area contributed by atoms with E-state index in [0.29, 0.717) is 5.92 Å². The van der Waals surface area contributed by atoms with Crippen LogP contribution in [-0.4, -0.2) is 42.8 Å². The van der Waals surface area contributed by atoms with Crippen molar-refractivity contribution in [2.75, 3.05) is 20.1 Å². The third-order valence-electron chi connectivity index (χ3n) is 3.92. The molecule has 2 rings (SSSR count). The smallest absolute Gasteiger partial charge is 0.410 e. The number of carbonyl (C=O) groups excluding carboxylic acids is 1. The van der Waals surface area contributed by atoms with E-state index in [-0.39, 0.29) is 11.7 Å². The van der Waals surface area contributed by atoms with E-state index < -0.39 is 0 Å². The van der Waals surface area contributed by atoms with E-state index >= 15 is 0 Å². The molecule has 1 amide bonds. The number of nitrogens with zero attached hydrogens (tertiary/aromatic N) is 1. The van der Waals surface area contributed by atoms with Gasteiger partial charge in [-0.15, -0.1) is 0 Å². The van der Waals surface area contributed by atoms with E-state index in [1.54, 1.807) is 0 Å². The molecule has 1 aliphatic heterocycles. The Hall–Kier alpha value is -0.770. The molecular weight excluding hydrogens is 228 g/mol. The number of ether oxygens (including phenoxy) is 1. The monoisotopic (exact) mass is 254 g/mol. The molecule has 0 aromatic rings. The first kappa shape index (κ1) is 13.7. The Morgan fingerprint density at radius 2 is 1.89 bits per heavy atom. The van der Waals surface area contributed by atoms with Gasteiger partial charge in [0.15, 0.2) is 0 Å². The molecule has 104 valence electrons. The molecule has 0 aromatic carbocycles. The van der Waals surface area contributed by atoms with E-state index in [9.17, 15) is 4.79 Å². The lowest BCUT2D eigenvalue weighted by atomic mass is 9.74. The van der Waals surface area contributed by atoms with Gasteiger partial charge in [-0.1, -0.05) is 0 Å². The predicted octanol–water partition coefficient (Wildman–Crippen LogP) is 2.24. The van der Waals surface area contributed by atoms with E-state index in [4.69, 9.17) is 4.74 Å². The maximum absolute atomic E-state index is 11.7. The average molecular weight is 254 g/mol. The number of hydrogen-bond acceptors (Lipinski definition) is 3. The van der Waals surface area contributed by atoms with Crippen LogP contribution < -0.4 is 5.32 Å². The zero-order valence-corrected chi connectivity index (χ0v) is 12.0. The molecule has 2 aliphatic rings. The summed E-state index contributed by atoms with van der Waals surface area (Å²) in [6.45, 7) is 7.50. The number of amides is 1. The van der Waals surface area contributed by atoms with Crippen LogP contribution in [0.25, 0.3) is 0 Å². The van der Waals surface area contributed by atoms with Gasteiger partial charge in [0.25, 0.3) is 0 Å². The quantitative estimate of drug-likeness (QED) is 0.840. The summed E-state index contributed by atoms with van der Waals surface area (Å²) in [5, 5.41) is 3.31. The predicted molar refractivity (Wildman–Crippen MR) is 71.5 cm³/mol. The Morgan fingerprint density at radius 1 is 1.28 bits per heavy atom. The molecule has 1 saturated heterocycles. The second-order valence-corrected chi connectivity index (χ2v) is 6.81. The van der Waals surface area contributed by atoms with E-state index in [1.807, 2.05) is 32.7 Å². The van der Waals surface area contributed by atoms with Gasteiger partial charge in [0.05, 0.1) is 0 Å². The standard InChI is InChI=1S/C14H26N2O2/c1-14(2,3)18-13(17)16-8-11(9-16)5-10-6-12(7-10)15-4/h10-12,15H,5-9H2,1-4H3. The first-order chi connectivity index (χ1) is 8.37. The van der Waals surface area contributed by atoms with Crippen molar-refractivity contribution in [3.05, 3.63) is 0 Å². The van der Waals surface area contributed by atoms with Gasteiger partial charge in [-0.2, -0.15) is 0 Å². The summed E-state index contributed by atoms with van der Waals surface area (Å²) in [4.78, 5) is 13.6. The third kappa shape index (κ3) is 3.37. The van der Waals surface area contributed by atoms with Crippen molar-refractivity contribution in [1.29, 1.82) is 0 Å². The molecule has 1 aliphatic carbocycles. The second-order valence-electron chi connectivity index (χ2n) is 6.81. The summed E-state index contributed by atoms with van der Waals surface area (Å²) in [6, 6.07) is 0.733. The highest BCUT2D eigenvalue weighted by Crippen LogP contribution is 2.35. The summed E-state index contributed by atoms with van der Waals surface area (Å²) in [6.07, 6.45) is 3.73. The normalized spacial score (nSPS) is 28.6. The van der Waals surface area contributed by atoms with Crippen LogP contribution >= 0.6 is 0 Å². The number of nitrogens with one attached hydrogen (secondary N) is 1. The van der Waals surface area contributed by atoms with Gasteiger partial charge in [-0.3, -0.25) is 0 Å². The number of hydrogen-bond donors (Lipinski definition) is 1. The van der Waals surface area contributed by atoms with Crippen LogP contribution in [-0.2, 0) is 4.74 Å². The molecule has 1 N–H and O–H groups in total. The lowest BCUT2D eigenvalue weighted by Crippen LogP contribution is -2.53. The molecule has 0 spiro atoms. The Kier molecular flexibility index (Phi) is 3.85. The molecule has 2 fully saturated rings. The molecule has 1 saturated carbocycles. The SMILES string of the molecule is CNC1CC(CC2CN(C(=O)OC(C)(C)C)C2)C1. The number of carbonyl (C=O) groups is 1. The molecule has 0 radical (unpaired) electrons. The Bertz CT molecular complexity index is 299.